The van der Waals surface area contributed by atoms with E-state index in [2.05, 4.69) is 33.8 Å². The second-order valence-corrected chi connectivity index (χ2v) is 8.18. The maximum absolute atomic E-state index is 12.5. The summed E-state index contributed by atoms with van der Waals surface area (Å²) in [4.78, 5) is 12.5. The van der Waals surface area contributed by atoms with E-state index in [0.717, 1.165) is 48.0 Å². The van der Waals surface area contributed by atoms with Crippen LogP contribution in [0.5, 0.6) is 0 Å². The zero-order valence-electron chi connectivity index (χ0n) is 15.4. The number of furan rings is 1. The van der Waals surface area contributed by atoms with Crippen molar-refractivity contribution in [1.82, 2.24) is 14.8 Å². The van der Waals surface area contributed by atoms with Crippen molar-refractivity contribution in [2.45, 2.75) is 56.0 Å². The first-order chi connectivity index (χ1) is 13.2. The van der Waals surface area contributed by atoms with E-state index in [1.54, 1.807) is 18.0 Å². The van der Waals surface area contributed by atoms with E-state index in [4.69, 9.17) is 4.42 Å². The Morgan fingerprint density at radius 2 is 2.11 bits per heavy atom. The van der Waals surface area contributed by atoms with Crippen molar-refractivity contribution in [2.75, 3.05) is 0 Å². The smallest absolute Gasteiger partial charge is 0.192 e. The number of aryl methyl sites for hydroxylation is 1. The van der Waals surface area contributed by atoms with E-state index >= 15 is 0 Å². The fourth-order valence-electron chi connectivity index (χ4n) is 3.45. The molecule has 1 saturated carbocycles. The summed E-state index contributed by atoms with van der Waals surface area (Å²) < 4.78 is 7.62. The summed E-state index contributed by atoms with van der Waals surface area (Å²) >= 11 is 1.55. The number of carbonyl (C=O) groups excluding carboxylic acids is 1. The highest BCUT2D eigenvalue weighted by Gasteiger charge is 2.25. The first kappa shape index (κ1) is 18.0. The highest BCUT2D eigenvalue weighted by atomic mass is 32.2. The second kappa shape index (κ2) is 8.13. The number of Topliss-reactive ketones (excluding diaryl/α,β-unsaturated/α-hetero) is 1. The molecule has 0 radical (unpaired) electrons. The average Bonchev–Trinajstić information content (AvgIpc) is 3.26. The summed E-state index contributed by atoms with van der Waals surface area (Å²) in [5.41, 5.74) is 2.20. The molecule has 2 aromatic heterocycles. The molecular formula is C21H23N3O2S. The van der Waals surface area contributed by atoms with Crippen molar-refractivity contribution in [3.63, 3.8) is 0 Å². The van der Waals surface area contributed by atoms with Crippen LogP contribution in [0.15, 0.2) is 52.2 Å². The molecule has 2 heterocycles. The Labute approximate surface area is 163 Å². The Hall–Kier alpha value is -2.34. The lowest BCUT2D eigenvalue weighted by Crippen LogP contribution is -2.16. The van der Waals surface area contributed by atoms with Crippen LogP contribution in [0.3, 0.4) is 0 Å². The molecule has 0 unspecified atom stereocenters. The summed E-state index contributed by atoms with van der Waals surface area (Å²) in [6.45, 7) is 2.61. The van der Waals surface area contributed by atoms with E-state index in [9.17, 15) is 4.79 Å². The first-order valence-electron chi connectivity index (χ1n) is 9.43. The van der Waals surface area contributed by atoms with Gasteiger partial charge in [-0.05, 0) is 38.0 Å². The Kier molecular flexibility index (Phi) is 5.43. The standard InChI is InChI=1S/C21H23N3O2S/c1-15-7-5-8-16(13-15)20-22-23-21(24(20)14-17-9-6-12-26-17)27-19-11-4-2-3-10-18(19)25/h5-9,12-13,19H,2-4,10-11,14H2,1H3/t19-/m1/s1. The molecule has 1 aromatic carbocycles. The molecule has 0 amide bonds. The van der Waals surface area contributed by atoms with Gasteiger partial charge in [-0.2, -0.15) is 0 Å². The molecule has 1 aliphatic rings. The zero-order chi connectivity index (χ0) is 18.6. The van der Waals surface area contributed by atoms with Gasteiger partial charge in [-0.25, -0.2) is 0 Å². The van der Waals surface area contributed by atoms with Crippen molar-refractivity contribution in [1.29, 1.82) is 0 Å². The van der Waals surface area contributed by atoms with Crippen LogP contribution in [0.2, 0.25) is 0 Å². The molecule has 1 aliphatic carbocycles. The summed E-state index contributed by atoms with van der Waals surface area (Å²) in [6.07, 6.45) is 6.50. The molecule has 0 N–H and O–H groups in total. The molecule has 3 aromatic rings. The summed E-state index contributed by atoms with van der Waals surface area (Å²) in [5.74, 6) is 1.98. The SMILES string of the molecule is Cc1cccc(-c2nnc(S[C@@H]3CCCCCC3=O)n2Cc2ccco2)c1. The lowest BCUT2D eigenvalue weighted by Gasteiger charge is -2.14. The summed E-state index contributed by atoms with van der Waals surface area (Å²) in [7, 11) is 0. The van der Waals surface area contributed by atoms with E-state index < -0.39 is 0 Å². The number of aromatic nitrogens is 3. The number of carbonyl (C=O) groups is 1. The predicted molar refractivity (Wildman–Crippen MR) is 106 cm³/mol. The van der Waals surface area contributed by atoms with Crippen molar-refractivity contribution >= 4 is 17.5 Å². The molecule has 0 aliphatic heterocycles. The van der Waals surface area contributed by atoms with Gasteiger partial charge in [0.05, 0.1) is 18.1 Å². The van der Waals surface area contributed by atoms with Gasteiger partial charge < -0.3 is 4.42 Å². The number of thioether (sulfide) groups is 1. The number of nitrogens with zero attached hydrogens (tertiary/aromatic N) is 3. The molecule has 4 rings (SSSR count). The minimum absolute atomic E-state index is 0.0302. The van der Waals surface area contributed by atoms with Gasteiger partial charge in [-0.3, -0.25) is 9.36 Å². The minimum atomic E-state index is -0.0302. The number of hydrogen-bond donors (Lipinski definition) is 0. The van der Waals surface area contributed by atoms with Crippen LogP contribution in [0.1, 0.15) is 43.4 Å². The van der Waals surface area contributed by atoms with Crippen molar-refractivity contribution in [3.8, 4) is 11.4 Å². The van der Waals surface area contributed by atoms with Gasteiger partial charge in [-0.15, -0.1) is 10.2 Å². The van der Waals surface area contributed by atoms with Crippen molar-refractivity contribution in [3.05, 3.63) is 54.0 Å². The van der Waals surface area contributed by atoms with Crippen molar-refractivity contribution < 1.29 is 9.21 Å². The third kappa shape index (κ3) is 4.16. The maximum Gasteiger partial charge on any atom is 0.192 e. The fourth-order valence-corrected chi connectivity index (χ4v) is 4.61. The van der Waals surface area contributed by atoms with Gasteiger partial charge in [0.1, 0.15) is 11.5 Å². The van der Waals surface area contributed by atoms with Gasteiger partial charge in [0.15, 0.2) is 11.0 Å². The third-order valence-electron chi connectivity index (χ3n) is 4.88. The fraction of sp³-hybridized carbons (Fsp3) is 0.381. The Balaban J connectivity index is 1.69. The topological polar surface area (TPSA) is 60.9 Å². The normalized spacial score (nSPS) is 17.8. The molecule has 27 heavy (non-hydrogen) atoms. The third-order valence-corrected chi connectivity index (χ3v) is 6.18. The van der Waals surface area contributed by atoms with Crippen LogP contribution < -0.4 is 0 Å². The molecular weight excluding hydrogens is 358 g/mol. The van der Waals surface area contributed by atoms with Crippen LogP contribution in [0.4, 0.5) is 0 Å². The Morgan fingerprint density at radius 3 is 2.93 bits per heavy atom. The molecule has 1 atom stereocenters. The summed E-state index contributed by atoms with van der Waals surface area (Å²) in [6, 6.07) is 12.1. The predicted octanol–water partition coefficient (Wildman–Crippen LogP) is 4.89. The molecule has 1 fully saturated rings. The van der Waals surface area contributed by atoms with Crippen molar-refractivity contribution in [2.24, 2.45) is 0 Å². The molecule has 140 valence electrons. The quantitative estimate of drug-likeness (QED) is 0.589. The lowest BCUT2D eigenvalue weighted by atomic mass is 10.1. The van der Waals surface area contributed by atoms with Crippen LogP contribution in [0.25, 0.3) is 11.4 Å². The monoisotopic (exact) mass is 381 g/mol. The van der Waals surface area contributed by atoms with E-state index in [-0.39, 0.29) is 5.25 Å². The van der Waals surface area contributed by atoms with Gasteiger partial charge in [-0.1, -0.05) is 48.4 Å². The number of ketones is 1. The van der Waals surface area contributed by atoms with E-state index in [1.807, 2.05) is 24.3 Å². The van der Waals surface area contributed by atoms with Gasteiger partial charge in [0.25, 0.3) is 0 Å². The van der Waals surface area contributed by atoms with Gasteiger partial charge >= 0.3 is 0 Å². The zero-order valence-corrected chi connectivity index (χ0v) is 16.2. The van der Waals surface area contributed by atoms with Crippen LogP contribution in [0, 0.1) is 6.92 Å². The second-order valence-electron chi connectivity index (χ2n) is 7.01. The highest BCUT2D eigenvalue weighted by Crippen LogP contribution is 2.32. The molecule has 0 spiro atoms. The number of hydrogen-bond acceptors (Lipinski definition) is 5. The number of rotatable bonds is 5. The maximum atomic E-state index is 12.5. The van der Waals surface area contributed by atoms with Gasteiger partial charge in [0.2, 0.25) is 0 Å². The Morgan fingerprint density at radius 1 is 1.19 bits per heavy atom. The van der Waals surface area contributed by atoms with Crippen LogP contribution >= 0.6 is 11.8 Å². The molecule has 0 bridgehead atoms. The summed E-state index contributed by atoms with van der Waals surface area (Å²) in [5, 5.41) is 9.66. The van der Waals surface area contributed by atoms with E-state index in [0.29, 0.717) is 18.7 Å². The molecule has 6 heteroatoms. The highest BCUT2D eigenvalue weighted by molar-refractivity contribution is 8.00. The van der Waals surface area contributed by atoms with Crippen LogP contribution in [-0.4, -0.2) is 25.8 Å². The molecule has 5 nitrogen and oxygen atoms in total. The number of benzene rings is 1. The largest absolute Gasteiger partial charge is 0.467 e. The van der Waals surface area contributed by atoms with E-state index in [1.165, 1.54) is 5.56 Å². The van der Waals surface area contributed by atoms with Crippen LogP contribution in [-0.2, 0) is 11.3 Å². The Bertz CT molecular complexity index is 917. The first-order valence-corrected chi connectivity index (χ1v) is 10.3. The molecule has 0 saturated heterocycles. The lowest BCUT2D eigenvalue weighted by molar-refractivity contribution is -0.118. The van der Waals surface area contributed by atoms with Gasteiger partial charge in [0, 0.05) is 12.0 Å². The average molecular weight is 382 g/mol. The minimum Gasteiger partial charge on any atom is -0.467 e.